The maximum absolute atomic E-state index is 12.8. The Labute approximate surface area is 158 Å². The zero-order valence-corrected chi connectivity index (χ0v) is 15.8. The van der Waals surface area contributed by atoms with Gasteiger partial charge in [-0.15, -0.1) is 0 Å². The average molecular weight is 383 g/mol. The highest BCUT2D eigenvalue weighted by Crippen LogP contribution is 2.31. The molecule has 0 spiro atoms. The average Bonchev–Trinajstić information content (AvgIpc) is 2.99. The number of hydrogen-bond donors (Lipinski definition) is 2. The van der Waals surface area contributed by atoms with Crippen molar-refractivity contribution in [2.45, 2.75) is 30.6 Å². The maximum atomic E-state index is 12.8. The SMILES string of the molecule is Cn1c(C(=O)Nc2ccc(S(N)(=O)=O)cc2)cc2c3c(ccc21)CCCC3. The van der Waals surface area contributed by atoms with Crippen LogP contribution in [0, 0.1) is 0 Å². The molecule has 0 fully saturated rings. The molecule has 3 aromatic rings. The number of aromatic nitrogens is 1. The van der Waals surface area contributed by atoms with Crippen LogP contribution in [0.1, 0.15) is 34.5 Å². The number of nitrogens with two attached hydrogens (primary N) is 1. The van der Waals surface area contributed by atoms with Crippen LogP contribution >= 0.6 is 0 Å². The maximum Gasteiger partial charge on any atom is 0.272 e. The van der Waals surface area contributed by atoms with Crippen molar-refractivity contribution in [3.05, 3.63) is 59.3 Å². The molecule has 3 N–H and O–H groups in total. The minimum absolute atomic E-state index is 0.0109. The number of primary sulfonamides is 1. The highest BCUT2D eigenvalue weighted by atomic mass is 32.2. The lowest BCUT2D eigenvalue weighted by Gasteiger charge is -2.16. The Morgan fingerprint density at radius 3 is 2.48 bits per heavy atom. The van der Waals surface area contributed by atoms with E-state index in [0.29, 0.717) is 11.4 Å². The molecule has 0 radical (unpaired) electrons. The summed E-state index contributed by atoms with van der Waals surface area (Å²) in [4.78, 5) is 12.8. The van der Waals surface area contributed by atoms with Crippen LogP contribution in [0.15, 0.2) is 47.4 Å². The first-order valence-corrected chi connectivity index (χ1v) is 10.4. The molecule has 0 saturated carbocycles. The van der Waals surface area contributed by atoms with E-state index < -0.39 is 10.0 Å². The van der Waals surface area contributed by atoms with Crippen LogP contribution in [0.25, 0.3) is 10.9 Å². The second-order valence-electron chi connectivity index (χ2n) is 6.96. The molecule has 0 unspecified atom stereocenters. The third kappa shape index (κ3) is 3.24. The summed E-state index contributed by atoms with van der Waals surface area (Å²) in [6.45, 7) is 0. The highest BCUT2D eigenvalue weighted by molar-refractivity contribution is 7.89. The van der Waals surface area contributed by atoms with Crippen molar-refractivity contribution >= 4 is 32.5 Å². The summed E-state index contributed by atoms with van der Waals surface area (Å²) in [5.74, 6) is -0.235. The fourth-order valence-electron chi connectivity index (χ4n) is 3.80. The van der Waals surface area contributed by atoms with Crippen molar-refractivity contribution < 1.29 is 13.2 Å². The highest BCUT2D eigenvalue weighted by Gasteiger charge is 2.19. The summed E-state index contributed by atoms with van der Waals surface area (Å²) < 4.78 is 24.6. The van der Waals surface area contributed by atoms with Crippen molar-refractivity contribution in [3.8, 4) is 0 Å². The number of hydrogen-bond acceptors (Lipinski definition) is 3. The second-order valence-corrected chi connectivity index (χ2v) is 8.52. The molecule has 1 aliphatic rings. The van der Waals surface area contributed by atoms with Gasteiger partial charge in [0.25, 0.3) is 5.91 Å². The molecule has 0 bridgehead atoms. The van der Waals surface area contributed by atoms with Gasteiger partial charge in [0.2, 0.25) is 10.0 Å². The summed E-state index contributed by atoms with van der Waals surface area (Å²) >= 11 is 0. The number of sulfonamides is 1. The zero-order chi connectivity index (χ0) is 19.2. The summed E-state index contributed by atoms with van der Waals surface area (Å²) in [6, 6.07) is 12.0. The predicted octanol–water partition coefficient (Wildman–Crippen LogP) is 2.96. The third-order valence-corrected chi connectivity index (χ3v) is 6.16. The van der Waals surface area contributed by atoms with Gasteiger partial charge in [0.05, 0.1) is 4.90 Å². The van der Waals surface area contributed by atoms with E-state index in [2.05, 4.69) is 17.4 Å². The Hall–Kier alpha value is -2.64. The first kappa shape index (κ1) is 17.8. The fraction of sp³-hybridized carbons (Fsp3) is 0.250. The second kappa shape index (κ2) is 6.51. The number of carbonyl (C=O) groups excluding carboxylic acids is 1. The van der Waals surface area contributed by atoms with Crippen LogP contribution in [0.5, 0.6) is 0 Å². The van der Waals surface area contributed by atoms with Crippen molar-refractivity contribution in [1.82, 2.24) is 4.57 Å². The summed E-state index contributed by atoms with van der Waals surface area (Å²) in [5.41, 5.74) is 4.86. The van der Waals surface area contributed by atoms with Gasteiger partial charge in [-0.3, -0.25) is 4.79 Å². The molecule has 0 aliphatic heterocycles. The van der Waals surface area contributed by atoms with Gasteiger partial charge in [-0.1, -0.05) is 6.07 Å². The van der Waals surface area contributed by atoms with Crippen LogP contribution in [-0.2, 0) is 29.9 Å². The summed E-state index contributed by atoms with van der Waals surface area (Å²) in [5, 5.41) is 9.07. The van der Waals surface area contributed by atoms with Crippen molar-refractivity contribution in [2.24, 2.45) is 12.2 Å². The van der Waals surface area contributed by atoms with E-state index in [1.165, 1.54) is 48.2 Å². The van der Waals surface area contributed by atoms with Gasteiger partial charge in [-0.05, 0) is 73.2 Å². The molecule has 2 aromatic carbocycles. The van der Waals surface area contributed by atoms with Crippen LogP contribution in [0.2, 0.25) is 0 Å². The number of fused-ring (bicyclic) bond motifs is 3. The van der Waals surface area contributed by atoms with Crippen LogP contribution in [0.3, 0.4) is 0 Å². The topological polar surface area (TPSA) is 94.2 Å². The molecule has 1 heterocycles. The van der Waals surface area contributed by atoms with Crippen LogP contribution in [0.4, 0.5) is 5.69 Å². The number of aryl methyl sites for hydroxylation is 3. The van der Waals surface area contributed by atoms with Gasteiger partial charge in [0.1, 0.15) is 5.69 Å². The molecule has 0 atom stereocenters. The molecule has 1 aliphatic carbocycles. The number of carbonyl (C=O) groups is 1. The van der Waals surface area contributed by atoms with Gasteiger partial charge < -0.3 is 9.88 Å². The lowest BCUT2D eigenvalue weighted by molar-refractivity contribution is 0.101. The van der Waals surface area contributed by atoms with Gasteiger partial charge in [-0.25, -0.2) is 13.6 Å². The molecule has 1 amide bonds. The summed E-state index contributed by atoms with van der Waals surface area (Å²) in [6.07, 6.45) is 4.54. The number of benzene rings is 2. The van der Waals surface area contributed by atoms with Crippen molar-refractivity contribution in [1.29, 1.82) is 0 Å². The Morgan fingerprint density at radius 1 is 1.07 bits per heavy atom. The molecule has 6 nitrogen and oxygen atoms in total. The lowest BCUT2D eigenvalue weighted by atomic mass is 9.89. The standard InChI is InChI=1S/C20H21N3O3S/c1-23-18-11-6-13-4-2-3-5-16(13)17(18)12-19(23)20(24)22-14-7-9-15(10-8-14)27(21,25)26/h6-12H,2-5H2,1H3,(H,22,24)(H2,21,25,26). The number of amides is 1. The van der Waals surface area contributed by atoms with E-state index in [0.717, 1.165) is 23.7 Å². The lowest BCUT2D eigenvalue weighted by Crippen LogP contribution is -2.16. The first-order chi connectivity index (χ1) is 12.8. The third-order valence-electron chi connectivity index (χ3n) is 5.23. The first-order valence-electron chi connectivity index (χ1n) is 8.89. The van der Waals surface area contributed by atoms with E-state index in [1.54, 1.807) is 0 Å². The van der Waals surface area contributed by atoms with Crippen LogP contribution < -0.4 is 10.5 Å². The van der Waals surface area contributed by atoms with E-state index in [4.69, 9.17) is 5.14 Å². The van der Waals surface area contributed by atoms with Gasteiger partial charge in [0.15, 0.2) is 0 Å². The molecular weight excluding hydrogens is 362 g/mol. The molecule has 4 rings (SSSR count). The smallest absolute Gasteiger partial charge is 0.272 e. The Balaban J connectivity index is 1.66. The fourth-order valence-corrected chi connectivity index (χ4v) is 4.32. The van der Waals surface area contributed by atoms with E-state index in [-0.39, 0.29) is 10.8 Å². The Kier molecular flexibility index (Phi) is 4.28. The quantitative estimate of drug-likeness (QED) is 0.728. The minimum atomic E-state index is -3.75. The molecule has 0 saturated heterocycles. The summed E-state index contributed by atoms with van der Waals surface area (Å²) in [7, 11) is -1.86. The monoisotopic (exact) mass is 383 g/mol. The molecule has 140 valence electrons. The van der Waals surface area contributed by atoms with Gasteiger partial charge in [0, 0.05) is 23.6 Å². The molecule has 27 heavy (non-hydrogen) atoms. The van der Waals surface area contributed by atoms with E-state index >= 15 is 0 Å². The largest absolute Gasteiger partial charge is 0.340 e. The normalized spacial score (nSPS) is 14.1. The van der Waals surface area contributed by atoms with Crippen molar-refractivity contribution in [2.75, 3.05) is 5.32 Å². The predicted molar refractivity (Wildman–Crippen MR) is 105 cm³/mol. The van der Waals surface area contributed by atoms with E-state index in [9.17, 15) is 13.2 Å². The van der Waals surface area contributed by atoms with Gasteiger partial charge >= 0.3 is 0 Å². The van der Waals surface area contributed by atoms with Crippen LogP contribution in [-0.4, -0.2) is 18.9 Å². The van der Waals surface area contributed by atoms with Crippen molar-refractivity contribution in [3.63, 3.8) is 0 Å². The van der Waals surface area contributed by atoms with E-state index in [1.807, 2.05) is 17.7 Å². The van der Waals surface area contributed by atoms with Gasteiger partial charge in [-0.2, -0.15) is 0 Å². The number of nitrogens with one attached hydrogen (secondary N) is 1. The molecule has 1 aromatic heterocycles. The molecular formula is C20H21N3O3S. The Morgan fingerprint density at radius 2 is 1.78 bits per heavy atom. The minimum Gasteiger partial charge on any atom is -0.340 e. The Bertz CT molecular complexity index is 1150. The molecule has 7 heteroatoms. The number of rotatable bonds is 3. The number of anilines is 1. The number of nitrogens with zero attached hydrogens (tertiary/aromatic N) is 1. The zero-order valence-electron chi connectivity index (χ0n) is 15.0.